The molecule has 0 spiro atoms. The number of carboxylic acid groups (broad SMARTS) is 1. The number of carbonyl (C=O) groups is 1. The van der Waals surface area contributed by atoms with Crippen LogP contribution in [0.2, 0.25) is 0 Å². The number of aryl methyl sites for hydroxylation is 2. The van der Waals surface area contributed by atoms with E-state index in [1.807, 2.05) is 20.8 Å². The van der Waals surface area contributed by atoms with Crippen molar-refractivity contribution in [2.24, 2.45) is 0 Å². The van der Waals surface area contributed by atoms with E-state index in [0.29, 0.717) is 12.4 Å². The Morgan fingerprint density at radius 2 is 2.25 bits per heavy atom. The third-order valence-electron chi connectivity index (χ3n) is 2.40. The van der Waals surface area contributed by atoms with Crippen LogP contribution in [0.4, 0.5) is 5.95 Å². The summed E-state index contributed by atoms with van der Waals surface area (Å²) in [6.07, 6.45) is 3.05. The Balaban J connectivity index is 2.77. The molecule has 0 amide bonds. The third kappa shape index (κ3) is 3.18. The zero-order valence-electron chi connectivity index (χ0n) is 9.82. The highest BCUT2D eigenvalue weighted by atomic mass is 16.4. The van der Waals surface area contributed by atoms with Crippen LogP contribution in [0.1, 0.15) is 31.0 Å². The maximum atomic E-state index is 10.9. The Morgan fingerprint density at radius 3 is 2.75 bits per heavy atom. The van der Waals surface area contributed by atoms with E-state index in [1.165, 1.54) is 0 Å². The summed E-state index contributed by atoms with van der Waals surface area (Å²) < 4.78 is 0. The molecule has 0 bridgehead atoms. The minimum Gasteiger partial charge on any atom is -0.480 e. The van der Waals surface area contributed by atoms with Crippen LogP contribution >= 0.6 is 0 Å². The number of rotatable bonds is 5. The van der Waals surface area contributed by atoms with Crippen molar-refractivity contribution in [1.82, 2.24) is 9.97 Å². The first kappa shape index (κ1) is 12.4. The van der Waals surface area contributed by atoms with Crippen LogP contribution in [-0.4, -0.2) is 27.1 Å². The van der Waals surface area contributed by atoms with E-state index < -0.39 is 12.0 Å². The third-order valence-corrected chi connectivity index (χ3v) is 2.40. The first-order valence-electron chi connectivity index (χ1n) is 5.34. The highest BCUT2D eigenvalue weighted by molar-refractivity contribution is 5.76. The average Bonchev–Trinajstić information content (AvgIpc) is 2.22. The van der Waals surface area contributed by atoms with Crippen LogP contribution in [0.15, 0.2) is 6.20 Å². The maximum absolute atomic E-state index is 10.9. The van der Waals surface area contributed by atoms with Crippen molar-refractivity contribution in [2.45, 2.75) is 39.7 Å². The number of hydrogen-bond acceptors (Lipinski definition) is 4. The number of nitrogens with one attached hydrogen (secondary N) is 1. The maximum Gasteiger partial charge on any atom is 0.326 e. The van der Waals surface area contributed by atoms with Crippen molar-refractivity contribution in [3.05, 3.63) is 17.5 Å². The summed E-state index contributed by atoms with van der Waals surface area (Å²) in [6, 6.07) is -0.618. The summed E-state index contributed by atoms with van der Waals surface area (Å²) in [5.41, 5.74) is 1.85. The monoisotopic (exact) mass is 223 g/mol. The summed E-state index contributed by atoms with van der Waals surface area (Å²) in [6.45, 7) is 5.73. The van der Waals surface area contributed by atoms with Crippen LogP contribution in [0.5, 0.6) is 0 Å². The molecule has 1 aromatic rings. The fraction of sp³-hybridized carbons (Fsp3) is 0.545. The van der Waals surface area contributed by atoms with Crippen molar-refractivity contribution in [1.29, 1.82) is 0 Å². The molecule has 5 heteroatoms. The van der Waals surface area contributed by atoms with Gasteiger partial charge in [-0.3, -0.25) is 0 Å². The highest BCUT2D eigenvalue weighted by Crippen LogP contribution is 2.08. The average molecular weight is 223 g/mol. The smallest absolute Gasteiger partial charge is 0.326 e. The lowest BCUT2D eigenvalue weighted by molar-refractivity contribution is -0.138. The minimum absolute atomic E-state index is 0.379. The Bertz CT molecular complexity index is 379. The molecule has 0 aliphatic carbocycles. The first-order chi connectivity index (χ1) is 7.54. The van der Waals surface area contributed by atoms with E-state index in [-0.39, 0.29) is 0 Å². The van der Waals surface area contributed by atoms with E-state index in [4.69, 9.17) is 5.11 Å². The van der Waals surface area contributed by atoms with Gasteiger partial charge in [-0.2, -0.15) is 0 Å². The predicted molar refractivity (Wildman–Crippen MR) is 61.5 cm³/mol. The van der Waals surface area contributed by atoms with Crippen LogP contribution in [0, 0.1) is 13.8 Å². The lowest BCUT2D eigenvalue weighted by atomic mass is 10.2. The second-order valence-electron chi connectivity index (χ2n) is 3.79. The molecule has 1 atom stereocenters. The molecule has 1 unspecified atom stereocenters. The van der Waals surface area contributed by atoms with Crippen LogP contribution in [0.25, 0.3) is 0 Å². The van der Waals surface area contributed by atoms with Crippen LogP contribution < -0.4 is 5.32 Å². The van der Waals surface area contributed by atoms with E-state index >= 15 is 0 Å². The van der Waals surface area contributed by atoms with E-state index in [0.717, 1.165) is 17.7 Å². The Hall–Kier alpha value is -1.65. The topological polar surface area (TPSA) is 75.1 Å². The van der Waals surface area contributed by atoms with Gasteiger partial charge in [-0.15, -0.1) is 0 Å². The molecular formula is C11H17N3O2. The zero-order valence-corrected chi connectivity index (χ0v) is 9.82. The Morgan fingerprint density at radius 1 is 1.56 bits per heavy atom. The summed E-state index contributed by atoms with van der Waals surface area (Å²) in [4.78, 5) is 19.2. The number of aliphatic carboxylic acids is 1. The lowest BCUT2D eigenvalue weighted by Crippen LogP contribution is -2.30. The molecule has 0 saturated heterocycles. The van der Waals surface area contributed by atoms with E-state index in [1.54, 1.807) is 6.20 Å². The van der Waals surface area contributed by atoms with Gasteiger partial charge in [-0.1, -0.05) is 13.3 Å². The molecule has 0 aliphatic rings. The fourth-order valence-electron chi connectivity index (χ4n) is 1.30. The quantitative estimate of drug-likeness (QED) is 0.795. The van der Waals surface area contributed by atoms with Crippen LogP contribution in [0.3, 0.4) is 0 Å². The SMILES string of the molecule is CCCC(Nc1ncc(C)c(C)n1)C(=O)O. The number of nitrogens with zero attached hydrogens (tertiary/aromatic N) is 2. The lowest BCUT2D eigenvalue weighted by Gasteiger charge is -2.13. The molecule has 88 valence electrons. The van der Waals surface area contributed by atoms with Crippen molar-refractivity contribution < 1.29 is 9.90 Å². The standard InChI is InChI=1S/C11H17N3O2/c1-4-5-9(10(15)16)14-11-12-6-7(2)8(3)13-11/h6,9H,4-5H2,1-3H3,(H,15,16)(H,12,13,14). The molecule has 0 saturated carbocycles. The molecule has 0 fully saturated rings. The van der Waals surface area contributed by atoms with Crippen molar-refractivity contribution in [3.63, 3.8) is 0 Å². The largest absolute Gasteiger partial charge is 0.480 e. The van der Waals surface area contributed by atoms with Crippen molar-refractivity contribution in [2.75, 3.05) is 5.32 Å². The van der Waals surface area contributed by atoms with Gasteiger partial charge in [0.15, 0.2) is 0 Å². The summed E-state index contributed by atoms with van der Waals surface area (Å²) in [5, 5.41) is 11.8. The minimum atomic E-state index is -0.872. The van der Waals surface area contributed by atoms with Gasteiger partial charge in [0.1, 0.15) is 6.04 Å². The van der Waals surface area contributed by atoms with Crippen LogP contribution in [-0.2, 0) is 4.79 Å². The molecular weight excluding hydrogens is 206 g/mol. The Labute approximate surface area is 94.9 Å². The van der Waals surface area contributed by atoms with Gasteiger partial charge in [0.25, 0.3) is 0 Å². The second kappa shape index (κ2) is 5.44. The van der Waals surface area contributed by atoms with Crippen molar-refractivity contribution >= 4 is 11.9 Å². The van der Waals surface area contributed by atoms with Gasteiger partial charge >= 0.3 is 5.97 Å². The molecule has 1 heterocycles. The van der Waals surface area contributed by atoms with Gasteiger partial charge in [0.05, 0.1) is 0 Å². The first-order valence-corrected chi connectivity index (χ1v) is 5.34. The van der Waals surface area contributed by atoms with Gasteiger partial charge < -0.3 is 10.4 Å². The van der Waals surface area contributed by atoms with E-state index in [9.17, 15) is 4.79 Å². The summed E-state index contributed by atoms with van der Waals surface area (Å²) >= 11 is 0. The molecule has 1 aromatic heterocycles. The normalized spacial score (nSPS) is 12.2. The second-order valence-corrected chi connectivity index (χ2v) is 3.79. The summed E-state index contributed by atoms with van der Waals surface area (Å²) in [5.74, 6) is -0.493. The Kier molecular flexibility index (Phi) is 4.22. The number of aromatic nitrogens is 2. The number of anilines is 1. The number of hydrogen-bond donors (Lipinski definition) is 2. The van der Waals surface area contributed by atoms with Gasteiger partial charge in [0.2, 0.25) is 5.95 Å². The number of carboxylic acids is 1. The molecule has 0 radical (unpaired) electrons. The van der Waals surface area contributed by atoms with Gasteiger partial charge in [0, 0.05) is 11.9 Å². The summed E-state index contributed by atoms with van der Waals surface area (Å²) in [7, 11) is 0. The zero-order chi connectivity index (χ0) is 12.1. The molecule has 2 N–H and O–H groups in total. The fourth-order valence-corrected chi connectivity index (χ4v) is 1.30. The van der Waals surface area contributed by atoms with E-state index in [2.05, 4.69) is 15.3 Å². The predicted octanol–water partition coefficient (Wildman–Crippen LogP) is 1.76. The van der Waals surface area contributed by atoms with Gasteiger partial charge in [-0.05, 0) is 25.8 Å². The molecule has 1 rings (SSSR count). The molecule has 16 heavy (non-hydrogen) atoms. The molecule has 0 aliphatic heterocycles. The molecule has 0 aromatic carbocycles. The highest BCUT2D eigenvalue weighted by Gasteiger charge is 2.16. The molecule has 5 nitrogen and oxygen atoms in total. The van der Waals surface area contributed by atoms with Gasteiger partial charge in [-0.25, -0.2) is 14.8 Å². The van der Waals surface area contributed by atoms with Crippen molar-refractivity contribution in [3.8, 4) is 0 Å².